The van der Waals surface area contributed by atoms with Gasteiger partial charge in [-0.2, -0.15) is 0 Å². The van der Waals surface area contributed by atoms with Crippen molar-refractivity contribution in [2.24, 2.45) is 5.73 Å². The predicted octanol–water partition coefficient (Wildman–Crippen LogP) is 1.74. The van der Waals surface area contributed by atoms with Crippen LogP contribution in [0.4, 0.5) is 0 Å². The summed E-state index contributed by atoms with van der Waals surface area (Å²) in [6.45, 7) is 3.65. The van der Waals surface area contributed by atoms with Crippen molar-refractivity contribution < 1.29 is 0 Å². The third-order valence-corrected chi connectivity index (χ3v) is 3.81. The summed E-state index contributed by atoms with van der Waals surface area (Å²) in [6.07, 6.45) is 8.08. The van der Waals surface area contributed by atoms with Crippen LogP contribution in [0.15, 0.2) is 0 Å². The Kier molecular flexibility index (Phi) is 2.89. The van der Waals surface area contributed by atoms with E-state index in [4.69, 9.17) is 5.73 Å². The smallest absolute Gasteiger partial charge is 0.0250 e. The summed E-state index contributed by atoms with van der Waals surface area (Å²) in [5.74, 6) is 0. The number of nitrogens with two attached hydrogens (primary N) is 1. The van der Waals surface area contributed by atoms with E-state index in [1.165, 1.54) is 45.1 Å². The van der Waals surface area contributed by atoms with E-state index in [0.717, 1.165) is 6.04 Å². The first-order chi connectivity index (χ1) is 6.29. The van der Waals surface area contributed by atoms with E-state index in [-0.39, 0.29) is 0 Å². The molecular weight excluding hydrogens is 160 g/mol. The Labute approximate surface area is 81.5 Å². The minimum absolute atomic E-state index is 0.453. The van der Waals surface area contributed by atoms with E-state index in [9.17, 15) is 0 Å². The van der Waals surface area contributed by atoms with Gasteiger partial charge in [-0.25, -0.2) is 0 Å². The molecule has 0 spiro atoms. The van der Waals surface area contributed by atoms with Crippen molar-refractivity contribution in [3.63, 3.8) is 0 Å². The van der Waals surface area contributed by atoms with Gasteiger partial charge < -0.3 is 5.73 Å². The molecule has 1 saturated heterocycles. The fraction of sp³-hybridized carbons (Fsp3) is 1.00. The first kappa shape index (κ1) is 9.47. The van der Waals surface area contributed by atoms with Crippen LogP contribution < -0.4 is 5.73 Å². The third-order valence-electron chi connectivity index (χ3n) is 3.81. The average molecular weight is 182 g/mol. The zero-order valence-corrected chi connectivity index (χ0v) is 8.71. The van der Waals surface area contributed by atoms with Crippen LogP contribution in [-0.4, -0.2) is 29.6 Å². The highest BCUT2D eigenvalue weighted by Crippen LogP contribution is 2.28. The number of likely N-dealkylation sites (tertiary alicyclic amines) is 1. The summed E-state index contributed by atoms with van der Waals surface area (Å²) in [5, 5.41) is 0. The molecule has 0 aromatic heterocycles. The molecule has 13 heavy (non-hydrogen) atoms. The summed E-state index contributed by atoms with van der Waals surface area (Å²) in [5.41, 5.74) is 6.18. The van der Waals surface area contributed by atoms with E-state index in [2.05, 4.69) is 11.8 Å². The molecule has 0 amide bonds. The van der Waals surface area contributed by atoms with Gasteiger partial charge in [0.15, 0.2) is 0 Å². The number of nitrogens with zero attached hydrogens (tertiary/aromatic N) is 1. The monoisotopic (exact) mass is 182 g/mol. The van der Waals surface area contributed by atoms with Gasteiger partial charge in [0.2, 0.25) is 0 Å². The lowest BCUT2D eigenvalue weighted by Gasteiger charge is -2.38. The lowest BCUT2D eigenvalue weighted by molar-refractivity contribution is 0.132. The van der Waals surface area contributed by atoms with Crippen molar-refractivity contribution in [2.75, 3.05) is 6.54 Å². The van der Waals surface area contributed by atoms with Crippen LogP contribution in [0.1, 0.15) is 45.4 Å². The number of rotatable bonds is 1. The SMILES string of the molecule is CC1CCCN1C1CCCCC1N. The van der Waals surface area contributed by atoms with Gasteiger partial charge in [-0.3, -0.25) is 4.90 Å². The zero-order chi connectivity index (χ0) is 9.26. The van der Waals surface area contributed by atoms with Gasteiger partial charge >= 0.3 is 0 Å². The minimum atomic E-state index is 0.453. The number of hydrogen-bond acceptors (Lipinski definition) is 2. The molecule has 1 aliphatic carbocycles. The van der Waals surface area contributed by atoms with E-state index in [1.54, 1.807) is 0 Å². The average Bonchev–Trinajstić information content (AvgIpc) is 2.52. The molecular formula is C11H22N2. The highest BCUT2D eigenvalue weighted by Gasteiger charge is 2.32. The topological polar surface area (TPSA) is 29.3 Å². The molecule has 0 aromatic rings. The summed E-state index contributed by atoms with van der Waals surface area (Å²) in [7, 11) is 0. The van der Waals surface area contributed by atoms with Gasteiger partial charge in [-0.15, -0.1) is 0 Å². The number of hydrogen-bond donors (Lipinski definition) is 1. The fourth-order valence-electron chi connectivity index (χ4n) is 3.00. The highest BCUT2D eigenvalue weighted by atomic mass is 15.2. The lowest BCUT2D eigenvalue weighted by Crippen LogP contribution is -2.50. The van der Waals surface area contributed by atoms with Gasteiger partial charge in [0.25, 0.3) is 0 Å². The molecule has 1 aliphatic heterocycles. The predicted molar refractivity (Wildman–Crippen MR) is 55.6 cm³/mol. The molecule has 2 N–H and O–H groups in total. The minimum Gasteiger partial charge on any atom is -0.326 e. The maximum atomic E-state index is 6.18. The molecule has 0 bridgehead atoms. The Hall–Kier alpha value is -0.0800. The largest absolute Gasteiger partial charge is 0.326 e. The van der Waals surface area contributed by atoms with Crippen LogP contribution in [0.3, 0.4) is 0 Å². The molecule has 2 rings (SSSR count). The van der Waals surface area contributed by atoms with Crippen LogP contribution in [0.25, 0.3) is 0 Å². The summed E-state index contributed by atoms with van der Waals surface area (Å²) in [4.78, 5) is 2.66. The van der Waals surface area contributed by atoms with Crippen molar-refractivity contribution in [3.05, 3.63) is 0 Å². The van der Waals surface area contributed by atoms with Crippen molar-refractivity contribution in [1.82, 2.24) is 4.90 Å². The molecule has 2 aliphatic rings. The standard InChI is InChI=1S/C11H22N2/c1-9-5-4-8-13(9)11-7-3-2-6-10(11)12/h9-11H,2-8,12H2,1H3. The summed E-state index contributed by atoms with van der Waals surface area (Å²) in [6, 6.07) is 1.94. The Morgan fingerprint density at radius 2 is 1.85 bits per heavy atom. The highest BCUT2D eigenvalue weighted by molar-refractivity contribution is 4.90. The van der Waals surface area contributed by atoms with Crippen molar-refractivity contribution >= 4 is 0 Å². The van der Waals surface area contributed by atoms with Gasteiger partial charge in [0, 0.05) is 18.1 Å². The van der Waals surface area contributed by atoms with Gasteiger partial charge in [0.05, 0.1) is 0 Å². The second-order valence-electron chi connectivity index (χ2n) is 4.74. The Morgan fingerprint density at radius 1 is 1.08 bits per heavy atom. The molecule has 2 nitrogen and oxygen atoms in total. The maximum absolute atomic E-state index is 6.18. The van der Waals surface area contributed by atoms with E-state index in [1.807, 2.05) is 0 Å². The first-order valence-electron chi connectivity index (χ1n) is 5.80. The van der Waals surface area contributed by atoms with E-state index in [0.29, 0.717) is 12.1 Å². The second-order valence-corrected chi connectivity index (χ2v) is 4.74. The molecule has 1 saturated carbocycles. The van der Waals surface area contributed by atoms with Crippen molar-refractivity contribution in [2.45, 2.75) is 63.6 Å². The van der Waals surface area contributed by atoms with Crippen LogP contribution in [0, 0.1) is 0 Å². The zero-order valence-electron chi connectivity index (χ0n) is 8.71. The molecule has 3 unspecified atom stereocenters. The van der Waals surface area contributed by atoms with E-state index < -0.39 is 0 Å². The second kappa shape index (κ2) is 3.97. The van der Waals surface area contributed by atoms with E-state index >= 15 is 0 Å². The molecule has 0 aromatic carbocycles. The maximum Gasteiger partial charge on any atom is 0.0250 e. The Morgan fingerprint density at radius 3 is 2.46 bits per heavy atom. The van der Waals surface area contributed by atoms with Gasteiger partial charge in [-0.05, 0) is 39.2 Å². The quantitative estimate of drug-likeness (QED) is 0.669. The van der Waals surface area contributed by atoms with Gasteiger partial charge in [0.1, 0.15) is 0 Å². The third kappa shape index (κ3) is 1.89. The molecule has 2 fully saturated rings. The van der Waals surface area contributed by atoms with Crippen molar-refractivity contribution in [3.8, 4) is 0 Å². The lowest BCUT2D eigenvalue weighted by atomic mass is 9.89. The van der Waals surface area contributed by atoms with Crippen LogP contribution in [0.5, 0.6) is 0 Å². The molecule has 1 heterocycles. The normalized spacial score (nSPS) is 42.5. The first-order valence-corrected chi connectivity index (χ1v) is 5.80. The van der Waals surface area contributed by atoms with Crippen LogP contribution in [0.2, 0.25) is 0 Å². The van der Waals surface area contributed by atoms with Crippen LogP contribution in [-0.2, 0) is 0 Å². The van der Waals surface area contributed by atoms with Crippen LogP contribution >= 0.6 is 0 Å². The summed E-state index contributed by atoms with van der Waals surface area (Å²) >= 11 is 0. The van der Waals surface area contributed by atoms with Gasteiger partial charge in [-0.1, -0.05) is 12.8 Å². The Balaban J connectivity index is 1.97. The fourth-order valence-corrected chi connectivity index (χ4v) is 3.00. The Bertz CT molecular complexity index is 169. The molecule has 2 heteroatoms. The summed E-state index contributed by atoms with van der Waals surface area (Å²) < 4.78 is 0. The molecule has 76 valence electrons. The molecule has 3 atom stereocenters. The molecule has 0 radical (unpaired) electrons. The van der Waals surface area contributed by atoms with Crippen molar-refractivity contribution in [1.29, 1.82) is 0 Å².